The van der Waals surface area contributed by atoms with E-state index in [9.17, 15) is 16.8 Å². The molecule has 0 aliphatic carbocycles. The van der Waals surface area contributed by atoms with Crippen molar-refractivity contribution in [1.82, 2.24) is 6.15 Å². The van der Waals surface area contributed by atoms with Gasteiger partial charge in [0.1, 0.15) is 0 Å². The van der Waals surface area contributed by atoms with E-state index in [1.807, 2.05) is 0 Å². The number of hydrogen-bond acceptors (Lipinski definition) is 7. The van der Waals surface area contributed by atoms with E-state index in [1.54, 1.807) is 0 Å². The smallest absolute Gasteiger partial charge is 0.330 e. The zero-order chi connectivity index (χ0) is 8.41. The third-order valence-electron chi connectivity index (χ3n) is 0.200. The Hall–Kier alpha value is 0.480. The molecule has 0 fully saturated rings. The van der Waals surface area contributed by atoms with Gasteiger partial charge in [0.15, 0.2) is 0 Å². The molecule has 11 heteroatoms. The molecule has 0 heterocycles. The number of rotatable bonds is 3. The predicted molar refractivity (Wildman–Crippen MR) is 43.3 cm³/mol. The van der Waals surface area contributed by atoms with Gasteiger partial charge in [-0.05, 0) is 0 Å². The van der Waals surface area contributed by atoms with Crippen LogP contribution in [0.5, 0.6) is 0 Å². The van der Waals surface area contributed by atoms with Gasteiger partial charge in [-0.25, -0.2) is 0 Å². The van der Waals surface area contributed by atoms with Gasteiger partial charge in [-0.3, -0.25) is 9.11 Å². The Morgan fingerprint density at radius 3 is 1.09 bits per heavy atom. The van der Waals surface area contributed by atoms with Crippen molar-refractivity contribution < 1.29 is 25.9 Å². The van der Waals surface area contributed by atoms with Crippen LogP contribution in [-0.2, 0) is 18.3 Å². The predicted octanol–water partition coefficient (Wildman–Crippen LogP) is 0.135. The van der Waals surface area contributed by atoms with Gasteiger partial charge >= 0.3 is 18.3 Å². The molecule has 0 aromatic carbocycles. The zero-order valence-electron chi connectivity index (χ0n) is 4.87. The minimum absolute atomic E-state index is 0. The molecule has 7 nitrogen and oxygen atoms in total. The van der Waals surface area contributed by atoms with Crippen molar-refractivity contribution in [2.75, 3.05) is 0 Å². The summed E-state index contributed by atoms with van der Waals surface area (Å²) in [6.45, 7) is 0. The van der Waals surface area contributed by atoms with Crippen LogP contribution in [0.25, 0.3) is 0 Å². The number of hydrogen-bond donors (Lipinski definition) is 3. The van der Waals surface area contributed by atoms with Crippen molar-refractivity contribution in [3.8, 4) is 0 Å². The van der Waals surface area contributed by atoms with Crippen molar-refractivity contribution in [2.24, 2.45) is 0 Å². The highest BCUT2D eigenvalue weighted by atomic mass is 33.7. The fourth-order valence-corrected chi connectivity index (χ4v) is 5.69. The molecule has 0 spiro atoms. The summed E-state index contributed by atoms with van der Waals surface area (Å²) in [5.41, 5.74) is 0. The van der Waals surface area contributed by atoms with Crippen LogP contribution in [0.2, 0.25) is 0 Å². The average molecular weight is 243 g/mol. The fourth-order valence-electron chi connectivity index (χ4n) is 0.0702. The lowest BCUT2D eigenvalue weighted by molar-refractivity contribution is 0.500. The minimum atomic E-state index is -4.42. The van der Waals surface area contributed by atoms with E-state index in [0.29, 0.717) is 0 Å². The van der Waals surface area contributed by atoms with E-state index in [2.05, 4.69) is 0 Å². The van der Waals surface area contributed by atoms with E-state index >= 15 is 0 Å². The largest absolute Gasteiger partial charge is 0.344 e. The molecule has 0 bridgehead atoms. The fraction of sp³-hybridized carbons (Fsp3) is 0. The molecule has 0 aromatic rings. The molecule has 0 aliphatic rings. The van der Waals surface area contributed by atoms with Crippen LogP contribution in [0.3, 0.4) is 0 Å². The maximum Gasteiger partial charge on any atom is 0.330 e. The lowest BCUT2D eigenvalue weighted by Crippen LogP contribution is -1.90. The molecular weight excluding hydrogens is 238 g/mol. The summed E-state index contributed by atoms with van der Waals surface area (Å²) in [6, 6.07) is 0. The first-order valence-corrected chi connectivity index (χ1v) is 7.60. The molecule has 0 aromatic heterocycles. The summed E-state index contributed by atoms with van der Waals surface area (Å²) in [6.07, 6.45) is 0. The Morgan fingerprint density at radius 1 is 0.818 bits per heavy atom. The summed E-state index contributed by atoms with van der Waals surface area (Å²) < 4.78 is 55.0. The molecule has 0 unspecified atom stereocenters. The maximum atomic E-state index is 9.80. The first-order chi connectivity index (χ1) is 4.21. The summed E-state index contributed by atoms with van der Waals surface area (Å²) in [4.78, 5) is 0. The third kappa shape index (κ3) is 13.5. The van der Waals surface area contributed by atoms with Crippen LogP contribution in [0.15, 0.2) is 0 Å². The van der Waals surface area contributed by atoms with Crippen molar-refractivity contribution in [2.45, 2.75) is 0 Å². The normalized spacial score (nSPS) is 12.2. The third-order valence-corrected chi connectivity index (χ3v) is 6.89. The van der Waals surface area contributed by atoms with Gasteiger partial charge in [0.25, 0.3) is 0 Å². The van der Waals surface area contributed by atoms with Crippen LogP contribution in [0, 0.1) is 0 Å². The highest BCUT2D eigenvalue weighted by molar-refractivity contribution is 9.21. The van der Waals surface area contributed by atoms with Crippen LogP contribution in [-0.4, -0.2) is 25.9 Å². The zero-order valence-corrected chi connectivity index (χ0v) is 8.13. The van der Waals surface area contributed by atoms with E-state index in [1.165, 1.54) is 0 Å². The second kappa shape index (κ2) is 4.49. The highest BCUT2D eigenvalue weighted by Crippen LogP contribution is 2.30. The first-order valence-electron chi connectivity index (χ1n) is 1.53. The van der Waals surface area contributed by atoms with Gasteiger partial charge in [0.2, 0.25) is 0 Å². The van der Waals surface area contributed by atoms with Crippen LogP contribution in [0.4, 0.5) is 0 Å². The molecule has 0 aliphatic heterocycles. The standard InChI is InChI=1S/H3N.H2O6S4/c;1-9(2,3)7-8-10(4,5)6/h1H3;(H,1,2,3)(H,4,5,6). The summed E-state index contributed by atoms with van der Waals surface area (Å²) in [5, 5.41) is 0. The summed E-state index contributed by atoms with van der Waals surface area (Å²) >= 11 is 0. The van der Waals surface area contributed by atoms with Crippen molar-refractivity contribution in [3.05, 3.63) is 0 Å². The monoisotopic (exact) mass is 243 g/mol. The Kier molecular flexibility index (Phi) is 5.73. The molecule has 0 saturated carbocycles. The SMILES string of the molecule is N.O=S(=O)(O)SSS(=O)(=O)O. The molecular formula is H5NO6S4. The minimum Gasteiger partial charge on any atom is -0.344 e. The molecule has 5 N–H and O–H groups in total. The molecule has 11 heavy (non-hydrogen) atoms. The van der Waals surface area contributed by atoms with Gasteiger partial charge in [-0.2, -0.15) is 16.8 Å². The van der Waals surface area contributed by atoms with Gasteiger partial charge in [-0.1, -0.05) is 0 Å². The second-order valence-corrected chi connectivity index (χ2v) is 8.77. The molecule has 0 rings (SSSR count). The molecule has 0 atom stereocenters. The Morgan fingerprint density at radius 2 is 1.00 bits per heavy atom. The van der Waals surface area contributed by atoms with E-state index in [0.717, 1.165) is 0 Å². The summed E-state index contributed by atoms with van der Waals surface area (Å²) in [7, 11) is -9.54. The van der Waals surface area contributed by atoms with Crippen LogP contribution >= 0.6 is 19.7 Å². The van der Waals surface area contributed by atoms with Crippen molar-refractivity contribution in [3.63, 3.8) is 0 Å². The second-order valence-electron chi connectivity index (χ2n) is 0.992. The van der Waals surface area contributed by atoms with Crippen LogP contribution < -0.4 is 6.15 Å². The average Bonchev–Trinajstić information content (AvgIpc) is 1.57. The van der Waals surface area contributed by atoms with Crippen molar-refractivity contribution >= 4 is 38.0 Å². The van der Waals surface area contributed by atoms with Crippen molar-refractivity contribution in [1.29, 1.82) is 0 Å². The van der Waals surface area contributed by atoms with Gasteiger partial charge in [0, 0.05) is 0 Å². The topological polar surface area (TPSA) is 144 Å². The molecule has 70 valence electrons. The van der Waals surface area contributed by atoms with E-state index in [-0.39, 0.29) is 25.8 Å². The molecule has 0 radical (unpaired) electrons. The van der Waals surface area contributed by atoms with Gasteiger partial charge in [0.05, 0.1) is 19.7 Å². The van der Waals surface area contributed by atoms with Gasteiger partial charge < -0.3 is 6.15 Å². The Bertz CT molecular complexity index is 251. The van der Waals surface area contributed by atoms with E-state index in [4.69, 9.17) is 9.11 Å². The maximum absolute atomic E-state index is 9.80. The first kappa shape index (κ1) is 14.0. The summed E-state index contributed by atoms with van der Waals surface area (Å²) in [5.74, 6) is 0. The molecule has 0 saturated heterocycles. The molecule has 0 amide bonds. The van der Waals surface area contributed by atoms with Crippen LogP contribution in [0.1, 0.15) is 0 Å². The Labute approximate surface area is 70.2 Å². The Balaban J connectivity index is 0. The van der Waals surface area contributed by atoms with Gasteiger partial charge in [-0.15, -0.1) is 0 Å². The lowest BCUT2D eigenvalue weighted by atomic mass is 14.0. The lowest BCUT2D eigenvalue weighted by Gasteiger charge is -1.89. The van der Waals surface area contributed by atoms with E-state index < -0.39 is 18.3 Å². The quantitative estimate of drug-likeness (QED) is 0.465. The highest BCUT2D eigenvalue weighted by Gasteiger charge is 2.14.